The number of nitrogens with two attached hydrogens (primary N) is 1. The zero-order chi connectivity index (χ0) is 54.1. The number of carboxylic acids is 1. The minimum atomic E-state index is -1.01. The molecular weight excluding hydrogens is 1030 g/mol. The SMILES string of the molecule is CC#N.CC(C)(C)ON=O.CCOC(=O)c1cnn(C)c1-n1cccn1.CCOC(=O)c1cnn(C)c1Cl.CCOC(=O)c1cnn(C)c1N.Cn1ncc(C(=O)O)c1-n1cccn1.[Cl][Cu].c1cn[nH]c1. The molecule has 390 valence electrons. The molecule has 0 bridgehead atoms. The number of rotatable bonds is 10. The number of nitrogen functional groups attached to an aromatic ring is 1. The van der Waals surface area contributed by atoms with Gasteiger partial charge in [-0.1, -0.05) is 11.6 Å². The van der Waals surface area contributed by atoms with Crippen LogP contribution in [-0.4, -0.2) is 123 Å². The van der Waals surface area contributed by atoms with Gasteiger partial charge in [0.05, 0.1) is 50.7 Å². The molecule has 7 aromatic heterocycles. The Morgan fingerprint density at radius 2 is 1.13 bits per heavy atom. The van der Waals surface area contributed by atoms with Gasteiger partial charge in [0.2, 0.25) is 0 Å². The minimum absolute atomic E-state index is 0.135. The second-order valence-electron chi connectivity index (χ2n) is 13.7. The van der Waals surface area contributed by atoms with Crippen molar-refractivity contribution in [1.82, 2.24) is 68.9 Å². The number of hydrogen-bond donors (Lipinski definition) is 3. The van der Waals surface area contributed by atoms with E-state index in [1.54, 1.807) is 134 Å². The van der Waals surface area contributed by atoms with Crippen molar-refractivity contribution in [3.63, 3.8) is 0 Å². The van der Waals surface area contributed by atoms with Gasteiger partial charge in [-0.15, -0.1) is 4.91 Å². The van der Waals surface area contributed by atoms with Crippen molar-refractivity contribution >= 4 is 51.4 Å². The van der Waals surface area contributed by atoms with Gasteiger partial charge in [-0.3, -0.25) is 23.8 Å². The van der Waals surface area contributed by atoms with Crippen molar-refractivity contribution in [2.24, 2.45) is 33.5 Å². The number of aromatic nitrogens is 14. The number of carbonyl (C=O) groups is 4. The van der Waals surface area contributed by atoms with Gasteiger partial charge >= 0.3 is 49.1 Å². The van der Waals surface area contributed by atoms with Crippen molar-refractivity contribution in [1.29, 1.82) is 5.26 Å². The quantitative estimate of drug-likeness (QED) is 0.0491. The molecule has 0 aliphatic rings. The third kappa shape index (κ3) is 22.4. The van der Waals surface area contributed by atoms with Gasteiger partial charge in [-0.25, -0.2) is 28.5 Å². The maximum absolute atomic E-state index is 11.7. The number of halogens is 2. The Kier molecular flexibility index (Phi) is 30.6. The maximum atomic E-state index is 11.7. The summed E-state index contributed by atoms with van der Waals surface area (Å²) >= 11 is 9.40. The first-order chi connectivity index (χ1) is 33.7. The molecule has 0 radical (unpaired) electrons. The van der Waals surface area contributed by atoms with E-state index in [4.69, 9.17) is 41.9 Å². The second kappa shape index (κ2) is 34.4. The maximum Gasteiger partial charge on any atom is 0.0487 e. The number of ether oxygens (including phenoxy) is 3. The minimum Gasteiger partial charge on any atom is -0.286 e. The summed E-state index contributed by atoms with van der Waals surface area (Å²) < 4.78 is 23.4. The number of anilines is 1. The molecule has 0 saturated carbocycles. The number of nitrogens with one attached hydrogen (secondary N) is 1. The van der Waals surface area contributed by atoms with Crippen LogP contribution in [-0.2, 0) is 62.3 Å². The van der Waals surface area contributed by atoms with Crippen LogP contribution in [0.3, 0.4) is 0 Å². The van der Waals surface area contributed by atoms with Crippen LogP contribution in [0.2, 0.25) is 5.15 Å². The Hall–Kier alpha value is -7.86. The van der Waals surface area contributed by atoms with Gasteiger partial charge in [-0.2, -0.15) is 41.0 Å². The summed E-state index contributed by atoms with van der Waals surface area (Å²) in [6, 6.07) is 7.08. The number of aromatic amines is 1. The number of hydrogen-bond acceptors (Lipinski definition) is 19. The Bertz CT molecular complexity index is 2550. The van der Waals surface area contributed by atoms with Crippen LogP contribution in [0, 0.1) is 16.2 Å². The van der Waals surface area contributed by atoms with E-state index in [0.717, 1.165) is 0 Å². The molecule has 7 rings (SSSR count). The number of nitrogens with zero attached hydrogens (tertiary/aromatic N) is 15. The van der Waals surface area contributed by atoms with Crippen LogP contribution in [0.1, 0.15) is 89.9 Å². The fourth-order valence-corrected chi connectivity index (χ4v) is 4.78. The number of nitriles is 1. The van der Waals surface area contributed by atoms with Gasteiger partial charge < -0.3 is 29.9 Å². The summed E-state index contributed by atoms with van der Waals surface area (Å²) in [5.41, 5.74) is 6.28. The van der Waals surface area contributed by atoms with E-state index in [9.17, 15) is 24.1 Å². The standard InChI is InChI=1S/C10H12N4O2.C8H8N4O2.C7H9ClN2O2.C7H11N3O2.C4H9NO2.C3H4N2.C2H3N.ClH.Cu/c1-3-16-10(15)8-7-12-13(2)9(8)14-6-4-5-11-14;1-11-7(12-4-2-3-9-12)6(5-10-11)8(13)14;2*1-3-12-7(11)5-4-9-10(2)6(5)8;1-4(2,3)7-5-6;1-2-4-5-3-1;1-2-3;;/h4-7H,3H2,1-2H3;2-5H,1H3,(H,13,14);4H,3H2,1-2H3;4H,3,8H2,1-2H3;1-3H3;1-3H,(H,4,5);1H3;1H;/q;;;;;;;;+1/p-1. The van der Waals surface area contributed by atoms with E-state index in [2.05, 4.69) is 76.2 Å². The van der Waals surface area contributed by atoms with E-state index >= 15 is 0 Å². The molecule has 7 heterocycles. The van der Waals surface area contributed by atoms with Crippen molar-refractivity contribution in [2.45, 2.75) is 54.1 Å². The fourth-order valence-electron chi connectivity index (χ4n) is 4.61. The molecule has 0 unspecified atom stereocenters. The molecule has 7 aromatic rings. The first-order valence-corrected chi connectivity index (χ1v) is 22.0. The van der Waals surface area contributed by atoms with Crippen molar-refractivity contribution in [2.75, 3.05) is 25.6 Å². The normalized spacial score (nSPS) is 9.55. The molecule has 0 atom stereocenters. The van der Waals surface area contributed by atoms with Crippen LogP contribution in [0.15, 0.2) is 85.5 Å². The predicted molar refractivity (Wildman–Crippen MR) is 254 cm³/mol. The molecule has 0 amide bonds. The van der Waals surface area contributed by atoms with E-state index in [1.807, 2.05) is 6.07 Å². The predicted octanol–water partition coefficient (Wildman–Crippen LogP) is 5.63. The summed E-state index contributed by atoms with van der Waals surface area (Å²) in [7, 11) is 10.9. The van der Waals surface area contributed by atoms with Crippen molar-refractivity contribution in [3.05, 3.63) is 112 Å². The number of esters is 3. The van der Waals surface area contributed by atoms with Gasteiger partial charge in [0.1, 0.15) is 38.8 Å². The first kappa shape index (κ1) is 63.1. The zero-order valence-corrected chi connectivity index (χ0v) is 43.0. The molecule has 4 N–H and O–H groups in total. The molecule has 27 nitrogen and oxygen atoms in total. The Balaban J connectivity index is 0.000000835. The van der Waals surface area contributed by atoms with E-state index in [-0.39, 0.29) is 11.5 Å². The third-order valence-corrected chi connectivity index (χ3v) is 7.99. The van der Waals surface area contributed by atoms with Gasteiger partial charge in [-0.05, 0) is 59.7 Å². The zero-order valence-electron chi connectivity index (χ0n) is 40.6. The van der Waals surface area contributed by atoms with Crippen LogP contribution >= 0.6 is 21.7 Å². The second-order valence-corrected chi connectivity index (χ2v) is 14.0. The van der Waals surface area contributed by atoms with E-state index in [0.29, 0.717) is 59.1 Å². The summed E-state index contributed by atoms with van der Waals surface area (Å²) in [6.07, 6.45) is 15.7. The molecule has 0 aliphatic carbocycles. The molecular formula is C41H56Cl2CuN17O10. The van der Waals surface area contributed by atoms with Crippen LogP contribution < -0.4 is 5.73 Å². The number of H-pyrrole nitrogens is 1. The summed E-state index contributed by atoms with van der Waals surface area (Å²) in [4.78, 5) is 58.4. The summed E-state index contributed by atoms with van der Waals surface area (Å²) in [5.74, 6) is -0.886. The van der Waals surface area contributed by atoms with Gasteiger partial charge in [0.25, 0.3) is 0 Å². The van der Waals surface area contributed by atoms with Crippen molar-refractivity contribution in [3.8, 4) is 17.7 Å². The topological polar surface area (TPSA) is 340 Å². The van der Waals surface area contributed by atoms with Crippen molar-refractivity contribution < 1.29 is 58.4 Å². The molecule has 0 aromatic carbocycles. The van der Waals surface area contributed by atoms with Crippen LogP contribution in [0.5, 0.6) is 0 Å². The number of carboxylic acid groups (broad SMARTS) is 1. The summed E-state index contributed by atoms with van der Waals surface area (Å²) in [5, 5.41) is 48.5. The molecule has 0 spiro atoms. The largest absolute Gasteiger partial charge is 0.286 e. The molecule has 0 aliphatic heterocycles. The molecule has 30 heteroatoms. The fraction of sp³-hybridized carbons (Fsp3) is 0.366. The molecule has 0 saturated heterocycles. The van der Waals surface area contributed by atoms with Crippen LogP contribution in [0.4, 0.5) is 5.82 Å². The third-order valence-electron chi connectivity index (χ3n) is 7.54. The average Bonchev–Trinajstić information content (AvgIpc) is 4.19. The number of aryl methyl sites for hydroxylation is 4. The molecule has 71 heavy (non-hydrogen) atoms. The Morgan fingerprint density at radius 1 is 0.718 bits per heavy atom. The van der Waals surface area contributed by atoms with Gasteiger partial charge in [0, 0.05) is 72.3 Å². The van der Waals surface area contributed by atoms with E-state index in [1.165, 1.54) is 50.4 Å². The number of carbonyl (C=O) groups excluding carboxylic acids is 3. The van der Waals surface area contributed by atoms with Crippen LogP contribution in [0.25, 0.3) is 11.6 Å². The van der Waals surface area contributed by atoms with E-state index < -0.39 is 23.5 Å². The Morgan fingerprint density at radius 3 is 1.44 bits per heavy atom. The smallest absolute Gasteiger partial charge is 0.0487 e. The Labute approximate surface area is 425 Å². The molecule has 0 fully saturated rings. The average molecular weight is 1080 g/mol. The number of aromatic carboxylic acids is 1. The van der Waals surface area contributed by atoms with Gasteiger partial charge in [0.15, 0.2) is 17.0 Å². The monoisotopic (exact) mass is 1080 g/mol. The first-order valence-electron chi connectivity index (χ1n) is 20.3. The summed E-state index contributed by atoms with van der Waals surface area (Å²) in [6.45, 7) is 13.0.